The van der Waals surface area contributed by atoms with E-state index in [0.29, 0.717) is 0 Å². The molecule has 10 heavy (non-hydrogen) atoms. The Morgan fingerprint density at radius 2 is 2.60 bits per heavy atom. The molecule has 2 nitrogen and oxygen atoms in total. The first-order valence-electron chi connectivity index (χ1n) is 3.19. The number of allylic oxidation sites excluding steroid dienone is 4. The van der Waals surface area contributed by atoms with Gasteiger partial charge in [-0.3, -0.25) is 0 Å². The van der Waals surface area contributed by atoms with Crippen LogP contribution in [0.2, 0.25) is 0 Å². The van der Waals surface area contributed by atoms with E-state index in [0.717, 1.165) is 12.2 Å². The van der Waals surface area contributed by atoms with Gasteiger partial charge in [-0.25, -0.2) is 0 Å². The monoisotopic (exact) mass is 135 g/mol. The lowest BCUT2D eigenvalue weighted by molar-refractivity contribution is 0.257. The summed E-state index contributed by atoms with van der Waals surface area (Å²) in [6, 6.07) is 2.16. The standard InChI is InChI=1S/C8H9NO/c1-10-8-5-3-2-4-7(8)6-9/h2-3,5,7H,4H2,1H3. The van der Waals surface area contributed by atoms with E-state index >= 15 is 0 Å². The van der Waals surface area contributed by atoms with Crippen molar-refractivity contribution in [3.63, 3.8) is 0 Å². The number of ether oxygens (including phenoxy) is 1. The first-order valence-corrected chi connectivity index (χ1v) is 3.19. The van der Waals surface area contributed by atoms with Crippen molar-refractivity contribution < 1.29 is 4.74 Å². The number of hydrogen-bond donors (Lipinski definition) is 0. The lowest BCUT2D eigenvalue weighted by Crippen LogP contribution is -2.04. The van der Waals surface area contributed by atoms with Gasteiger partial charge in [-0.2, -0.15) is 5.26 Å². The molecular formula is C8H9NO. The van der Waals surface area contributed by atoms with E-state index in [-0.39, 0.29) is 5.92 Å². The van der Waals surface area contributed by atoms with Gasteiger partial charge in [0.15, 0.2) is 0 Å². The summed E-state index contributed by atoms with van der Waals surface area (Å²) in [6.45, 7) is 0. The molecule has 0 aromatic heterocycles. The average molecular weight is 135 g/mol. The molecule has 0 aromatic rings. The van der Waals surface area contributed by atoms with Gasteiger partial charge in [0.1, 0.15) is 11.7 Å². The molecule has 1 unspecified atom stereocenters. The maximum Gasteiger partial charge on any atom is 0.113 e. The summed E-state index contributed by atoms with van der Waals surface area (Å²) in [4.78, 5) is 0. The largest absolute Gasteiger partial charge is 0.500 e. The minimum atomic E-state index is -0.0741. The molecule has 0 spiro atoms. The van der Waals surface area contributed by atoms with Crippen LogP contribution in [-0.4, -0.2) is 7.11 Å². The van der Waals surface area contributed by atoms with Gasteiger partial charge in [0, 0.05) is 0 Å². The molecule has 52 valence electrons. The van der Waals surface area contributed by atoms with Crippen LogP contribution < -0.4 is 0 Å². The van der Waals surface area contributed by atoms with Crippen molar-refractivity contribution in [1.82, 2.24) is 0 Å². The maximum atomic E-state index is 8.59. The number of hydrogen-bond acceptors (Lipinski definition) is 2. The second kappa shape index (κ2) is 3.07. The van der Waals surface area contributed by atoms with E-state index in [1.165, 1.54) is 0 Å². The van der Waals surface area contributed by atoms with Crippen molar-refractivity contribution in [3.8, 4) is 6.07 Å². The van der Waals surface area contributed by atoms with E-state index in [1.807, 2.05) is 18.2 Å². The molecule has 1 aliphatic rings. The highest BCUT2D eigenvalue weighted by atomic mass is 16.5. The molecule has 0 saturated heterocycles. The number of methoxy groups -OCH3 is 1. The molecule has 0 fully saturated rings. The molecule has 0 amide bonds. The van der Waals surface area contributed by atoms with Crippen LogP contribution >= 0.6 is 0 Å². The van der Waals surface area contributed by atoms with Crippen LogP contribution in [0.3, 0.4) is 0 Å². The third-order valence-corrected chi connectivity index (χ3v) is 1.50. The molecule has 1 rings (SSSR count). The van der Waals surface area contributed by atoms with Gasteiger partial charge >= 0.3 is 0 Å². The average Bonchev–Trinajstić information content (AvgIpc) is 2.04. The summed E-state index contributed by atoms with van der Waals surface area (Å²) in [6.07, 6.45) is 6.48. The molecule has 0 aliphatic heterocycles. The highest BCUT2D eigenvalue weighted by Crippen LogP contribution is 2.19. The first-order chi connectivity index (χ1) is 4.88. The summed E-state index contributed by atoms with van der Waals surface area (Å²) >= 11 is 0. The Balaban J connectivity index is 2.73. The van der Waals surface area contributed by atoms with Crippen LogP contribution in [0.15, 0.2) is 24.0 Å². The van der Waals surface area contributed by atoms with Crippen LogP contribution in [0.25, 0.3) is 0 Å². The van der Waals surface area contributed by atoms with Gasteiger partial charge in [-0.15, -0.1) is 0 Å². The van der Waals surface area contributed by atoms with Gasteiger partial charge in [-0.1, -0.05) is 12.2 Å². The van der Waals surface area contributed by atoms with E-state index in [1.54, 1.807) is 7.11 Å². The molecule has 1 atom stereocenters. The van der Waals surface area contributed by atoms with Crippen LogP contribution in [0.5, 0.6) is 0 Å². The first kappa shape index (κ1) is 6.88. The molecular weight excluding hydrogens is 126 g/mol. The molecule has 2 heteroatoms. The second-order valence-corrected chi connectivity index (χ2v) is 2.12. The Morgan fingerprint density at radius 1 is 1.80 bits per heavy atom. The molecule has 0 heterocycles. The highest BCUT2D eigenvalue weighted by Gasteiger charge is 2.13. The zero-order valence-corrected chi connectivity index (χ0v) is 5.87. The predicted molar refractivity (Wildman–Crippen MR) is 38.0 cm³/mol. The molecule has 0 radical (unpaired) electrons. The SMILES string of the molecule is COC1=CC=CCC1C#N. The van der Waals surface area contributed by atoms with Crippen molar-refractivity contribution >= 4 is 0 Å². The summed E-state index contributed by atoms with van der Waals surface area (Å²) in [5.74, 6) is 0.694. The van der Waals surface area contributed by atoms with E-state index in [4.69, 9.17) is 10.00 Å². The van der Waals surface area contributed by atoms with Crippen molar-refractivity contribution in [3.05, 3.63) is 24.0 Å². The molecule has 0 bridgehead atoms. The normalized spacial score (nSPS) is 23.2. The number of nitrogens with zero attached hydrogens (tertiary/aromatic N) is 1. The minimum Gasteiger partial charge on any atom is -0.500 e. The van der Waals surface area contributed by atoms with E-state index in [9.17, 15) is 0 Å². The summed E-state index contributed by atoms with van der Waals surface area (Å²) < 4.78 is 4.98. The quantitative estimate of drug-likeness (QED) is 0.547. The predicted octanol–water partition coefficient (Wildman–Crippen LogP) is 1.62. The molecule has 0 saturated carbocycles. The number of rotatable bonds is 1. The topological polar surface area (TPSA) is 33.0 Å². The Hall–Kier alpha value is -1.23. The Labute approximate surface area is 60.4 Å². The van der Waals surface area contributed by atoms with Crippen LogP contribution in [-0.2, 0) is 4.74 Å². The van der Waals surface area contributed by atoms with Gasteiger partial charge in [0.2, 0.25) is 0 Å². The summed E-state index contributed by atoms with van der Waals surface area (Å²) in [7, 11) is 1.59. The van der Waals surface area contributed by atoms with Crippen LogP contribution in [0, 0.1) is 17.2 Å². The fourth-order valence-corrected chi connectivity index (χ4v) is 0.936. The summed E-state index contributed by atoms with van der Waals surface area (Å²) in [5, 5.41) is 8.59. The van der Waals surface area contributed by atoms with Gasteiger partial charge < -0.3 is 4.74 Å². The van der Waals surface area contributed by atoms with E-state index in [2.05, 4.69) is 6.07 Å². The second-order valence-electron chi connectivity index (χ2n) is 2.12. The van der Waals surface area contributed by atoms with Gasteiger partial charge in [-0.05, 0) is 12.5 Å². The van der Waals surface area contributed by atoms with Gasteiger partial charge in [0.05, 0.1) is 13.2 Å². The van der Waals surface area contributed by atoms with Gasteiger partial charge in [0.25, 0.3) is 0 Å². The van der Waals surface area contributed by atoms with Crippen molar-refractivity contribution in [2.45, 2.75) is 6.42 Å². The van der Waals surface area contributed by atoms with Crippen LogP contribution in [0.1, 0.15) is 6.42 Å². The van der Waals surface area contributed by atoms with Crippen molar-refractivity contribution in [2.24, 2.45) is 5.92 Å². The lowest BCUT2D eigenvalue weighted by atomic mass is 10.0. The molecule has 0 N–H and O–H groups in total. The summed E-state index contributed by atoms with van der Waals surface area (Å²) in [5.41, 5.74) is 0. The highest BCUT2D eigenvalue weighted by molar-refractivity contribution is 5.21. The minimum absolute atomic E-state index is 0.0741. The zero-order valence-electron chi connectivity index (χ0n) is 5.87. The van der Waals surface area contributed by atoms with E-state index < -0.39 is 0 Å². The molecule has 0 aromatic carbocycles. The lowest BCUT2D eigenvalue weighted by Gasteiger charge is -2.12. The fraction of sp³-hybridized carbons (Fsp3) is 0.375. The third-order valence-electron chi connectivity index (χ3n) is 1.50. The van der Waals surface area contributed by atoms with Crippen LogP contribution in [0.4, 0.5) is 0 Å². The number of nitriles is 1. The molecule has 1 aliphatic carbocycles. The Kier molecular flexibility index (Phi) is 2.11. The third kappa shape index (κ3) is 1.19. The Morgan fingerprint density at radius 3 is 3.10 bits per heavy atom. The van der Waals surface area contributed by atoms with Crippen molar-refractivity contribution in [2.75, 3.05) is 7.11 Å². The fourth-order valence-electron chi connectivity index (χ4n) is 0.936. The zero-order chi connectivity index (χ0) is 7.40. The Bertz CT molecular complexity index is 210. The maximum absolute atomic E-state index is 8.59. The smallest absolute Gasteiger partial charge is 0.113 e. The van der Waals surface area contributed by atoms with Crippen molar-refractivity contribution in [1.29, 1.82) is 5.26 Å².